The van der Waals surface area contributed by atoms with Crippen LogP contribution < -0.4 is 0 Å². The Kier molecular flexibility index (Phi) is 5.63. The van der Waals surface area contributed by atoms with E-state index in [1.165, 1.54) is 0 Å². The Balaban J connectivity index is 1.52. The molecule has 0 aromatic heterocycles. The highest BCUT2D eigenvalue weighted by atomic mass is 16.5. The van der Waals surface area contributed by atoms with E-state index in [-0.39, 0.29) is 39.8 Å². The molecule has 0 bridgehead atoms. The van der Waals surface area contributed by atoms with Gasteiger partial charge in [-0.05, 0) is 112 Å². The molecule has 1 saturated heterocycles. The van der Waals surface area contributed by atoms with Crippen LogP contribution in [-0.4, -0.2) is 55.5 Å². The molecule has 4 aliphatic carbocycles. The van der Waals surface area contributed by atoms with Crippen molar-refractivity contribution in [1.82, 2.24) is 0 Å². The summed E-state index contributed by atoms with van der Waals surface area (Å²) in [5, 5.41) is 45.9. The van der Waals surface area contributed by atoms with Crippen molar-refractivity contribution in [3.05, 3.63) is 0 Å². The van der Waals surface area contributed by atoms with Crippen LogP contribution in [0.2, 0.25) is 0 Å². The lowest BCUT2D eigenvalue weighted by atomic mass is 9.35. The lowest BCUT2D eigenvalue weighted by Crippen LogP contribution is -2.69. The zero-order valence-corrected chi connectivity index (χ0v) is 23.5. The number of fused-ring (bicyclic) bond motifs is 5. The van der Waals surface area contributed by atoms with Crippen molar-refractivity contribution >= 4 is 0 Å². The minimum atomic E-state index is -1.12. The topological polar surface area (TPSA) is 90.2 Å². The van der Waals surface area contributed by atoms with Gasteiger partial charge in [-0.25, -0.2) is 0 Å². The van der Waals surface area contributed by atoms with E-state index in [0.717, 1.165) is 38.5 Å². The molecule has 0 unspecified atom stereocenters. The minimum absolute atomic E-state index is 0.00954. The molecule has 5 aliphatic rings. The third-order valence-corrected chi connectivity index (χ3v) is 13.4. The molecule has 0 aromatic carbocycles. The van der Waals surface area contributed by atoms with Gasteiger partial charge in [0.1, 0.15) is 0 Å². The van der Waals surface area contributed by atoms with E-state index in [9.17, 15) is 20.4 Å². The fourth-order valence-corrected chi connectivity index (χ4v) is 11.1. The maximum atomic E-state index is 12.5. The first-order valence-corrected chi connectivity index (χ1v) is 14.4. The van der Waals surface area contributed by atoms with Crippen LogP contribution in [0.4, 0.5) is 0 Å². The van der Waals surface area contributed by atoms with Crippen LogP contribution >= 0.6 is 0 Å². The molecule has 5 nitrogen and oxygen atoms in total. The molecule has 1 aliphatic heterocycles. The van der Waals surface area contributed by atoms with Gasteiger partial charge in [-0.3, -0.25) is 0 Å². The largest absolute Gasteiger partial charge is 0.393 e. The van der Waals surface area contributed by atoms with Gasteiger partial charge in [0, 0.05) is 5.92 Å². The van der Waals surface area contributed by atoms with Crippen LogP contribution in [0, 0.1) is 39.4 Å². The average molecular weight is 493 g/mol. The first-order chi connectivity index (χ1) is 15.9. The number of rotatable bonds is 2. The van der Waals surface area contributed by atoms with E-state index in [1.807, 2.05) is 6.92 Å². The smallest absolute Gasteiger partial charge is 0.0991 e. The van der Waals surface area contributed by atoms with Crippen LogP contribution in [0.3, 0.4) is 0 Å². The molecule has 11 atom stereocenters. The third-order valence-electron chi connectivity index (χ3n) is 13.4. The monoisotopic (exact) mass is 492 g/mol. The van der Waals surface area contributed by atoms with Crippen molar-refractivity contribution in [1.29, 1.82) is 0 Å². The number of aliphatic hydroxyl groups excluding tert-OH is 2. The summed E-state index contributed by atoms with van der Waals surface area (Å²) < 4.78 is 6.52. The van der Waals surface area contributed by atoms with Gasteiger partial charge in [-0.1, -0.05) is 34.6 Å². The quantitative estimate of drug-likeness (QED) is 0.443. The van der Waals surface area contributed by atoms with Crippen molar-refractivity contribution < 1.29 is 25.2 Å². The van der Waals surface area contributed by atoms with Gasteiger partial charge in [-0.2, -0.15) is 0 Å². The third kappa shape index (κ3) is 3.17. The molecule has 5 heteroatoms. The van der Waals surface area contributed by atoms with Gasteiger partial charge in [0.15, 0.2) is 0 Å². The first kappa shape index (κ1) is 26.4. The van der Waals surface area contributed by atoms with Crippen molar-refractivity contribution in [2.75, 3.05) is 0 Å². The summed E-state index contributed by atoms with van der Waals surface area (Å²) in [7, 11) is 0. The number of hydrogen-bond donors (Lipinski definition) is 4. The van der Waals surface area contributed by atoms with Crippen molar-refractivity contribution in [2.45, 2.75) is 148 Å². The SMILES string of the molecule is CC(C)(O)[C@@H]1CC[C@](C)([C@@]2(O)CC[C@]3(C)[C@H]2[C@H](O)C[C@H]2[C@@]4(C)CC[C@@H](O)C(C)(C)[C@H]4CC[C@]23C)O1. The zero-order valence-electron chi connectivity index (χ0n) is 23.5. The van der Waals surface area contributed by atoms with Gasteiger partial charge in [0.05, 0.1) is 35.1 Å². The van der Waals surface area contributed by atoms with Crippen LogP contribution in [0.5, 0.6) is 0 Å². The maximum absolute atomic E-state index is 12.5. The summed E-state index contributed by atoms with van der Waals surface area (Å²) in [5.74, 6) is 0.553. The predicted octanol–water partition coefficient (Wildman–Crippen LogP) is 4.83. The Hall–Kier alpha value is -0.200. The summed E-state index contributed by atoms with van der Waals surface area (Å²) in [6.45, 7) is 17.3. The van der Waals surface area contributed by atoms with Gasteiger partial charge < -0.3 is 25.2 Å². The highest BCUT2D eigenvalue weighted by Crippen LogP contribution is 2.76. The maximum Gasteiger partial charge on any atom is 0.0991 e. The summed E-state index contributed by atoms with van der Waals surface area (Å²) in [6, 6.07) is 0. The second kappa shape index (κ2) is 7.46. The summed E-state index contributed by atoms with van der Waals surface area (Å²) in [4.78, 5) is 0. The number of aliphatic hydroxyl groups is 4. The van der Waals surface area contributed by atoms with Crippen LogP contribution in [-0.2, 0) is 4.74 Å². The van der Waals surface area contributed by atoms with Gasteiger partial charge >= 0.3 is 0 Å². The molecular formula is C30H52O5. The van der Waals surface area contributed by atoms with E-state index in [0.29, 0.717) is 31.1 Å². The standard InChI is InChI=1S/C30H52O5/c1-24(2)19-9-13-27(6)20(26(19,5)12-10-21(24)32)17-18(31)23-28(27,7)15-16-30(23,34)29(8)14-11-22(35-29)25(3,4)33/h18-23,31-34H,9-17H2,1-8H3/t18-,19-,20+,21-,22+,23-,26+,27-,28-,29-,30-/m1/s1. The van der Waals surface area contributed by atoms with Crippen LogP contribution in [0.25, 0.3) is 0 Å². The van der Waals surface area contributed by atoms with E-state index < -0.39 is 22.9 Å². The molecule has 0 aromatic rings. The fraction of sp³-hybridized carbons (Fsp3) is 1.00. The molecule has 4 saturated carbocycles. The summed E-state index contributed by atoms with van der Waals surface area (Å²) >= 11 is 0. The number of hydrogen-bond acceptors (Lipinski definition) is 5. The Morgan fingerprint density at radius 2 is 1.43 bits per heavy atom. The molecule has 5 fully saturated rings. The lowest BCUT2D eigenvalue weighted by Gasteiger charge is -2.71. The minimum Gasteiger partial charge on any atom is -0.393 e. The Bertz CT molecular complexity index is 865. The highest BCUT2D eigenvalue weighted by molar-refractivity contribution is 5.25. The molecule has 0 radical (unpaired) electrons. The van der Waals surface area contributed by atoms with E-state index in [1.54, 1.807) is 13.8 Å². The highest BCUT2D eigenvalue weighted by Gasteiger charge is 2.75. The molecule has 0 amide bonds. The van der Waals surface area contributed by atoms with Crippen molar-refractivity contribution in [2.24, 2.45) is 39.4 Å². The summed E-state index contributed by atoms with van der Waals surface area (Å²) in [5.41, 5.74) is -3.08. The van der Waals surface area contributed by atoms with Crippen LogP contribution in [0.15, 0.2) is 0 Å². The molecule has 202 valence electrons. The Morgan fingerprint density at radius 3 is 2.03 bits per heavy atom. The van der Waals surface area contributed by atoms with Gasteiger partial charge in [0.2, 0.25) is 0 Å². The molecule has 0 spiro atoms. The molecule has 4 N–H and O–H groups in total. The second-order valence-corrected chi connectivity index (χ2v) is 15.6. The van der Waals surface area contributed by atoms with E-state index in [2.05, 4.69) is 34.6 Å². The van der Waals surface area contributed by atoms with E-state index in [4.69, 9.17) is 4.74 Å². The van der Waals surface area contributed by atoms with Crippen molar-refractivity contribution in [3.63, 3.8) is 0 Å². The van der Waals surface area contributed by atoms with Crippen molar-refractivity contribution in [3.8, 4) is 0 Å². The lowest BCUT2D eigenvalue weighted by molar-refractivity contribution is -0.277. The molecular weight excluding hydrogens is 440 g/mol. The fourth-order valence-electron chi connectivity index (χ4n) is 11.1. The Labute approximate surface area is 213 Å². The predicted molar refractivity (Wildman–Crippen MR) is 137 cm³/mol. The van der Waals surface area contributed by atoms with Gasteiger partial charge in [0.25, 0.3) is 0 Å². The zero-order chi connectivity index (χ0) is 26.0. The molecule has 5 rings (SSSR count). The molecule has 1 heterocycles. The Morgan fingerprint density at radius 1 is 0.771 bits per heavy atom. The summed E-state index contributed by atoms with van der Waals surface area (Å²) in [6.07, 6.45) is 6.50. The first-order valence-electron chi connectivity index (χ1n) is 14.4. The van der Waals surface area contributed by atoms with Gasteiger partial charge in [-0.15, -0.1) is 0 Å². The average Bonchev–Trinajstić information content (AvgIpc) is 3.29. The normalized spacial score (nSPS) is 57.9. The van der Waals surface area contributed by atoms with Crippen LogP contribution in [0.1, 0.15) is 113 Å². The number of ether oxygens (including phenoxy) is 1. The second-order valence-electron chi connectivity index (χ2n) is 15.6. The van der Waals surface area contributed by atoms with E-state index >= 15 is 0 Å². The molecule has 35 heavy (non-hydrogen) atoms.